The largest absolute Gasteiger partial charge is 0.467 e. The van der Waals surface area contributed by atoms with Crippen molar-refractivity contribution in [2.45, 2.75) is 50.6 Å². The fraction of sp³-hybridized carbons (Fsp3) is 0.643. The minimum absolute atomic E-state index is 0.552. The molecule has 0 bridgehead atoms. The van der Waals surface area contributed by atoms with Crippen LogP contribution in [-0.4, -0.2) is 60.8 Å². The van der Waals surface area contributed by atoms with E-state index in [4.69, 9.17) is 24.2 Å². The number of thiocyanates is 1. The number of methoxy groups -OCH3 is 1. The molecule has 1 rings (SSSR count). The topological polar surface area (TPSA) is 138 Å². The summed E-state index contributed by atoms with van der Waals surface area (Å²) in [6, 6.07) is 0. The second-order valence-corrected chi connectivity index (χ2v) is 5.76. The SMILES string of the molecule is COC(=O)[C@H]1O[C@@H](SC#N)[C@H](OC(C)=O)[C@@H](OC(C)=O)[C@@H]1OC(C)=O. The first-order valence-electron chi connectivity index (χ1n) is 7.01. The number of hydrogen-bond donors (Lipinski definition) is 0. The van der Waals surface area contributed by atoms with Crippen molar-refractivity contribution in [3.05, 3.63) is 0 Å². The van der Waals surface area contributed by atoms with E-state index in [2.05, 4.69) is 4.74 Å². The number of nitrogens with zero attached hydrogens (tertiary/aromatic N) is 1. The summed E-state index contributed by atoms with van der Waals surface area (Å²) in [6.07, 6.45) is -5.55. The van der Waals surface area contributed by atoms with Crippen LogP contribution in [0.4, 0.5) is 0 Å². The Morgan fingerprint density at radius 3 is 1.84 bits per heavy atom. The number of thioether (sulfide) groups is 1. The van der Waals surface area contributed by atoms with Crippen molar-refractivity contribution in [2.24, 2.45) is 0 Å². The highest BCUT2D eigenvalue weighted by Crippen LogP contribution is 2.34. The summed E-state index contributed by atoms with van der Waals surface area (Å²) in [6.45, 7) is 3.27. The van der Waals surface area contributed by atoms with E-state index in [9.17, 15) is 19.2 Å². The van der Waals surface area contributed by atoms with Gasteiger partial charge in [0.1, 0.15) is 5.40 Å². The maximum Gasteiger partial charge on any atom is 0.339 e. The highest BCUT2D eigenvalue weighted by atomic mass is 32.2. The van der Waals surface area contributed by atoms with Gasteiger partial charge in [-0.3, -0.25) is 14.4 Å². The zero-order valence-electron chi connectivity index (χ0n) is 13.9. The van der Waals surface area contributed by atoms with Crippen LogP contribution in [0.1, 0.15) is 20.8 Å². The summed E-state index contributed by atoms with van der Waals surface area (Å²) in [5.41, 5.74) is -1.17. The predicted molar refractivity (Wildman–Crippen MR) is 80.5 cm³/mol. The molecule has 1 aliphatic heterocycles. The van der Waals surface area contributed by atoms with Crippen LogP contribution in [0.3, 0.4) is 0 Å². The number of nitriles is 1. The molecular formula is C14H17NO9S. The van der Waals surface area contributed by atoms with Gasteiger partial charge in [-0.2, -0.15) is 5.26 Å². The summed E-state index contributed by atoms with van der Waals surface area (Å²) in [5, 5.41) is 10.7. The molecule has 5 atom stereocenters. The van der Waals surface area contributed by atoms with Crippen molar-refractivity contribution < 1.29 is 42.9 Å². The molecule has 0 aromatic carbocycles. The van der Waals surface area contributed by atoms with Gasteiger partial charge < -0.3 is 23.7 Å². The molecule has 1 heterocycles. The smallest absolute Gasteiger partial charge is 0.339 e. The molecule has 0 N–H and O–H groups in total. The molecule has 1 saturated heterocycles. The van der Waals surface area contributed by atoms with Gasteiger partial charge in [-0.1, -0.05) is 0 Å². The molecule has 1 aliphatic rings. The fourth-order valence-electron chi connectivity index (χ4n) is 2.23. The first-order chi connectivity index (χ1) is 11.7. The molecule has 0 spiro atoms. The van der Waals surface area contributed by atoms with Crippen LogP contribution in [0, 0.1) is 10.7 Å². The van der Waals surface area contributed by atoms with Crippen LogP contribution >= 0.6 is 11.8 Å². The lowest BCUT2D eigenvalue weighted by Crippen LogP contribution is -2.62. The van der Waals surface area contributed by atoms with Gasteiger partial charge >= 0.3 is 23.9 Å². The zero-order chi connectivity index (χ0) is 19.1. The average molecular weight is 375 g/mol. The van der Waals surface area contributed by atoms with Gasteiger partial charge in [0.05, 0.1) is 7.11 Å². The first-order valence-corrected chi connectivity index (χ1v) is 7.88. The summed E-state index contributed by atoms with van der Waals surface area (Å²) in [4.78, 5) is 46.2. The number of esters is 4. The minimum atomic E-state index is -1.48. The van der Waals surface area contributed by atoms with Crippen LogP contribution in [0.15, 0.2) is 0 Å². The van der Waals surface area contributed by atoms with Crippen molar-refractivity contribution in [3.8, 4) is 5.40 Å². The van der Waals surface area contributed by atoms with Gasteiger partial charge in [0.15, 0.2) is 29.9 Å². The van der Waals surface area contributed by atoms with E-state index in [0.29, 0.717) is 11.8 Å². The highest BCUT2D eigenvalue weighted by Gasteiger charge is 2.54. The molecule has 0 aromatic rings. The van der Waals surface area contributed by atoms with E-state index in [-0.39, 0.29) is 0 Å². The van der Waals surface area contributed by atoms with Gasteiger partial charge in [-0.05, 0) is 11.8 Å². The molecule has 25 heavy (non-hydrogen) atoms. The van der Waals surface area contributed by atoms with Crippen molar-refractivity contribution in [2.75, 3.05) is 7.11 Å². The standard InChI is InChI=1S/C14H17NO9S/c1-6(16)21-9-10(22-7(2)17)12(23-8(3)18)14(25-5-15)24-11(9)13(19)20-4/h9-12,14H,1-4H3/t9-,10-,11-,12+,14-/m0/s1. The maximum absolute atomic E-state index is 12.0. The van der Waals surface area contributed by atoms with Crippen molar-refractivity contribution >= 4 is 35.6 Å². The number of rotatable bonds is 5. The molecule has 0 aromatic heterocycles. The number of carbonyl (C=O) groups is 4. The quantitative estimate of drug-likeness (QED) is 0.361. The number of ether oxygens (including phenoxy) is 5. The Labute approximate surface area is 147 Å². The second-order valence-electron chi connectivity index (χ2n) is 4.88. The zero-order valence-corrected chi connectivity index (χ0v) is 14.7. The highest BCUT2D eigenvalue weighted by molar-refractivity contribution is 8.04. The summed E-state index contributed by atoms with van der Waals surface area (Å²) < 4.78 is 25.3. The third-order valence-corrected chi connectivity index (χ3v) is 3.72. The van der Waals surface area contributed by atoms with Crippen LogP contribution in [0.5, 0.6) is 0 Å². The lowest BCUT2D eigenvalue weighted by molar-refractivity contribution is -0.235. The Bertz CT molecular complexity index is 587. The monoisotopic (exact) mass is 375 g/mol. The number of hydrogen-bond acceptors (Lipinski definition) is 11. The van der Waals surface area contributed by atoms with Crippen LogP contribution in [0.25, 0.3) is 0 Å². The molecule has 1 fully saturated rings. The number of carbonyl (C=O) groups excluding carboxylic acids is 4. The average Bonchev–Trinajstić information content (AvgIpc) is 2.50. The lowest BCUT2D eigenvalue weighted by Gasteiger charge is -2.42. The Balaban J connectivity index is 3.34. The van der Waals surface area contributed by atoms with Gasteiger partial charge in [-0.15, -0.1) is 0 Å². The second kappa shape index (κ2) is 9.24. The van der Waals surface area contributed by atoms with Crippen molar-refractivity contribution in [3.63, 3.8) is 0 Å². The summed E-state index contributed by atoms with van der Waals surface area (Å²) in [7, 11) is 1.09. The molecule has 0 unspecified atom stereocenters. The maximum atomic E-state index is 12.0. The Kier molecular flexibility index (Phi) is 7.66. The van der Waals surface area contributed by atoms with E-state index in [1.165, 1.54) is 0 Å². The lowest BCUT2D eigenvalue weighted by atomic mass is 9.99. The van der Waals surface area contributed by atoms with Crippen molar-refractivity contribution in [1.82, 2.24) is 0 Å². The molecule has 0 aliphatic carbocycles. The van der Waals surface area contributed by atoms with Gasteiger partial charge in [0.25, 0.3) is 0 Å². The van der Waals surface area contributed by atoms with Gasteiger partial charge in [0, 0.05) is 20.8 Å². The van der Waals surface area contributed by atoms with E-state index in [1.54, 1.807) is 5.40 Å². The van der Waals surface area contributed by atoms with Crippen LogP contribution in [-0.2, 0) is 42.9 Å². The first kappa shape index (κ1) is 20.7. The Morgan fingerprint density at radius 2 is 1.40 bits per heavy atom. The molecule has 11 heteroatoms. The fourth-order valence-corrected chi connectivity index (χ4v) is 2.85. The molecule has 138 valence electrons. The molecule has 0 saturated carbocycles. The van der Waals surface area contributed by atoms with E-state index in [1.807, 2.05) is 0 Å². The normalized spacial score (nSPS) is 28.2. The van der Waals surface area contributed by atoms with E-state index >= 15 is 0 Å². The minimum Gasteiger partial charge on any atom is -0.467 e. The van der Waals surface area contributed by atoms with Crippen LogP contribution < -0.4 is 0 Å². The molecule has 0 radical (unpaired) electrons. The molecular weight excluding hydrogens is 358 g/mol. The molecule has 10 nitrogen and oxygen atoms in total. The third-order valence-electron chi connectivity index (χ3n) is 3.00. The van der Waals surface area contributed by atoms with Crippen LogP contribution in [0.2, 0.25) is 0 Å². The summed E-state index contributed by atoms with van der Waals surface area (Å²) in [5.74, 6) is -3.21. The Morgan fingerprint density at radius 1 is 0.920 bits per heavy atom. The predicted octanol–water partition coefficient (Wildman–Crippen LogP) is -0.106. The van der Waals surface area contributed by atoms with Gasteiger partial charge in [-0.25, -0.2) is 4.79 Å². The third kappa shape index (κ3) is 5.61. The van der Waals surface area contributed by atoms with E-state index < -0.39 is 53.7 Å². The van der Waals surface area contributed by atoms with E-state index in [0.717, 1.165) is 27.9 Å². The summed E-state index contributed by atoms with van der Waals surface area (Å²) >= 11 is 0.552. The molecule has 0 amide bonds. The van der Waals surface area contributed by atoms with Crippen molar-refractivity contribution in [1.29, 1.82) is 5.26 Å². The Hall–Kier alpha value is -2.32. The van der Waals surface area contributed by atoms with Gasteiger partial charge in [0.2, 0.25) is 0 Å².